The fraction of sp³-hybridized carbons (Fsp3) is 0.231. The predicted molar refractivity (Wildman–Crippen MR) is 118 cm³/mol. The fourth-order valence-electron chi connectivity index (χ4n) is 3.25. The van der Waals surface area contributed by atoms with Crippen LogP contribution in [0.3, 0.4) is 0 Å². The third-order valence-electron chi connectivity index (χ3n) is 4.98. The SMILES string of the molecule is CCCCCc1ccc(C#Cc2cc(F)c(C(F)(F)Oc3cc(F)c(F)c(Cl)c3)c(F)c2)c(F)c1. The van der Waals surface area contributed by atoms with E-state index in [2.05, 4.69) is 16.6 Å². The van der Waals surface area contributed by atoms with Crippen molar-refractivity contribution in [3.05, 3.63) is 98.8 Å². The highest BCUT2D eigenvalue weighted by molar-refractivity contribution is 6.30. The van der Waals surface area contributed by atoms with E-state index in [0.29, 0.717) is 24.6 Å². The van der Waals surface area contributed by atoms with Crippen molar-refractivity contribution in [1.82, 2.24) is 0 Å². The van der Waals surface area contributed by atoms with Crippen molar-refractivity contribution >= 4 is 11.6 Å². The summed E-state index contributed by atoms with van der Waals surface area (Å²) in [6.07, 6.45) is -0.968. The van der Waals surface area contributed by atoms with E-state index in [9.17, 15) is 30.7 Å². The fourth-order valence-corrected chi connectivity index (χ4v) is 3.45. The van der Waals surface area contributed by atoms with E-state index in [1.54, 1.807) is 6.07 Å². The molecule has 0 unspecified atom stereocenters. The largest absolute Gasteiger partial charge is 0.432 e. The van der Waals surface area contributed by atoms with E-state index < -0.39 is 51.5 Å². The smallest absolute Gasteiger partial charge is 0.429 e. The molecular weight excluding hydrogens is 497 g/mol. The number of ether oxygens (including phenoxy) is 1. The molecule has 0 saturated heterocycles. The number of rotatable bonds is 7. The van der Waals surface area contributed by atoms with E-state index in [1.165, 1.54) is 12.1 Å². The highest BCUT2D eigenvalue weighted by atomic mass is 35.5. The Labute approximate surface area is 202 Å². The number of aryl methyl sites for hydroxylation is 1. The van der Waals surface area contributed by atoms with E-state index >= 15 is 0 Å². The molecule has 0 aromatic heterocycles. The quantitative estimate of drug-likeness (QED) is 0.133. The van der Waals surface area contributed by atoms with Crippen LogP contribution in [0.5, 0.6) is 5.75 Å². The monoisotopic (exact) mass is 514 g/mol. The standard InChI is InChI=1S/C26H18ClF7O/c1-2-3-4-5-15-6-8-17(20(28)10-15)9-7-16-11-21(29)24(22(30)12-16)26(33,34)35-18-13-19(27)25(32)23(31)14-18/h6,8,10-14H,2-5H2,1H3. The normalized spacial score (nSPS) is 11.2. The molecule has 0 fully saturated rings. The molecule has 9 heteroatoms. The lowest BCUT2D eigenvalue weighted by atomic mass is 10.0. The van der Waals surface area contributed by atoms with Gasteiger partial charge < -0.3 is 4.74 Å². The maximum absolute atomic E-state index is 14.5. The van der Waals surface area contributed by atoms with E-state index in [4.69, 9.17) is 11.6 Å². The number of hydrogen-bond donors (Lipinski definition) is 0. The summed E-state index contributed by atoms with van der Waals surface area (Å²) < 4.78 is 103. The van der Waals surface area contributed by atoms with Gasteiger partial charge >= 0.3 is 6.11 Å². The molecule has 184 valence electrons. The summed E-state index contributed by atoms with van der Waals surface area (Å²) in [6.45, 7) is 2.05. The van der Waals surface area contributed by atoms with E-state index in [1.807, 2.05) is 6.92 Å². The number of halogens is 8. The number of alkyl halides is 2. The Bertz CT molecular complexity index is 1250. The molecule has 35 heavy (non-hydrogen) atoms. The summed E-state index contributed by atoms with van der Waals surface area (Å²) in [5.41, 5.74) is -1.35. The first-order valence-electron chi connectivity index (χ1n) is 10.5. The maximum Gasteiger partial charge on any atom is 0.432 e. The maximum atomic E-state index is 14.5. The van der Waals surface area contributed by atoms with Crippen LogP contribution in [0.25, 0.3) is 0 Å². The molecule has 0 saturated carbocycles. The molecule has 3 aromatic carbocycles. The lowest BCUT2D eigenvalue weighted by Gasteiger charge is -2.19. The van der Waals surface area contributed by atoms with Gasteiger partial charge in [-0.1, -0.05) is 49.3 Å². The minimum Gasteiger partial charge on any atom is -0.429 e. The van der Waals surface area contributed by atoms with Gasteiger partial charge in [0.15, 0.2) is 11.6 Å². The van der Waals surface area contributed by atoms with Gasteiger partial charge in [0.05, 0.1) is 10.6 Å². The lowest BCUT2D eigenvalue weighted by Crippen LogP contribution is -2.25. The zero-order chi connectivity index (χ0) is 25.8. The van der Waals surface area contributed by atoms with Crippen LogP contribution in [0.15, 0.2) is 42.5 Å². The minimum absolute atomic E-state index is 0.0296. The van der Waals surface area contributed by atoms with Gasteiger partial charge in [0, 0.05) is 17.7 Å². The lowest BCUT2D eigenvalue weighted by molar-refractivity contribution is -0.189. The first-order chi connectivity index (χ1) is 16.5. The molecule has 0 atom stereocenters. The predicted octanol–water partition coefficient (Wildman–Crippen LogP) is 8.30. The Balaban J connectivity index is 1.84. The summed E-state index contributed by atoms with van der Waals surface area (Å²) >= 11 is 5.38. The number of hydrogen-bond acceptors (Lipinski definition) is 1. The Kier molecular flexibility index (Phi) is 8.34. The highest BCUT2D eigenvalue weighted by Gasteiger charge is 2.41. The van der Waals surface area contributed by atoms with Crippen molar-refractivity contribution in [2.24, 2.45) is 0 Å². The molecule has 0 radical (unpaired) electrons. The highest BCUT2D eigenvalue weighted by Crippen LogP contribution is 2.37. The molecule has 3 aromatic rings. The zero-order valence-electron chi connectivity index (χ0n) is 18.3. The second-order valence-electron chi connectivity index (χ2n) is 7.66. The van der Waals surface area contributed by atoms with Crippen LogP contribution in [0.2, 0.25) is 5.02 Å². The molecule has 0 aliphatic heterocycles. The van der Waals surface area contributed by atoms with Crippen molar-refractivity contribution in [3.63, 3.8) is 0 Å². The van der Waals surface area contributed by atoms with Gasteiger partial charge in [-0.05, 0) is 42.7 Å². The average molecular weight is 515 g/mol. The molecule has 0 aliphatic carbocycles. The molecule has 0 N–H and O–H groups in total. The molecule has 0 spiro atoms. The Hall–Kier alpha value is -3.18. The van der Waals surface area contributed by atoms with E-state index in [-0.39, 0.29) is 17.2 Å². The molecular formula is C26H18ClF7O. The molecule has 0 bridgehead atoms. The molecule has 0 aliphatic rings. The molecule has 1 nitrogen and oxygen atoms in total. The van der Waals surface area contributed by atoms with Gasteiger partial charge in [-0.3, -0.25) is 0 Å². The van der Waals surface area contributed by atoms with Gasteiger partial charge in [-0.15, -0.1) is 0 Å². The summed E-state index contributed by atoms with van der Waals surface area (Å²) in [4.78, 5) is 0. The summed E-state index contributed by atoms with van der Waals surface area (Å²) in [7, 11) is 0. The molecule has 3 rings (SSSR count). The summed E-state index contributed by atoms with van der Waals surface area (Å²) in [5, 5.41) is -0.858. The van der Waals surface area contributed by atoms with Gasteiger partial charge in [0.2, 0.25) is 0 Å². The van der Waals surface area contributed by atoms with Gasteiger partial charge in [-0.2, -0.15) is 8.78 Å². The van der Waals surface area contributed by atoms with Crippen LogP contribution in [0, 0.1) is 40.9 Å². The third kappa shape index (κ3) is 6.49. The van der Waals surface area contributed by atoms with Crippen molar-refractivity contribution < 1.29 is 35.5 Å². The first-order valence-corrected chi connectivity index (χ1v) is 10.9. The van der Waals surface area contributed by atoms with E-state index in [0.717, 1.165) is 24.8 Å². The summed E-state index contributed by atoms with van der Waals surface area (Å²) in [5.74, 6) is -3.30. The topological polar surface area (TPSA) is 9.23 Å². The van der Waals surface area contributed by atoms with Crippen LogP contribution in [-0.2, 0) is 12.5 Å². The Morgan fingerprint density at radius 2 is 1.51 bits per heavy atom. The van der Waals surface area contributed by atoms with Crippen molar-refractivity contribution in [1.29, 1.82) is 0 Å². The summed E-state index contributed by atoms with van der Waals surface area (Å²) in [6, 6.07) is 6.29. The van der Waals surface area contributed by atoms with Crippen LogP contribution >= 0.6 is 11.6 Å². The number of unbranched alkanes of at least 4 members (excludes halogenated alkanes) is 2. The minimum atomic E-state index is -4.60. The molecule has 0 amide bonds. The van der Waals surface area contributed by atoms with Crippen LogP contribution in [-0.4, -0.2) is 0 Å². The van der Waals surface area contributed by atoms with Crippen molar-refractivity contribution in [3.8, 4) is 17.6 Å². The Morgan fingerprint density at radius 3 is 2.11 bits per heavy atom. The van der Waals surface area contributed by atoms with Crippen molar-refractivity contribution in [2.45, 2.75) is 38.7 Å². The zero-order valence-corrected chi connectivity index (χ0v) is 19.1. The van der Waals surface area contributed by atoms with Crippen LogP contribution in [0.4, 0.5) is 30.7 Å². The van der Waals surface area contributed by atoms with Gasteiger partial charge in [0.25, 0.3) is 0 Å². The second-order valence-corrected chi connectivity index (χ2v) is 8.06. The second kappa shape index (κ2) is 11.0. The van der Waals surface area contributed by atoms with Crippen molar-refractivity contribution in [2.75, 3.05) is 0 Å². The van der Waals surface area contributed by atoms with Crippen LogP contribution in [0.1, 0.15) is 48.4 Å². The molecule has 0 heterocycles. The number of benzene rings is 3. The van der Waals surface area contributed by atoms with Crippen LogP contribution < -0.4 is 4.74 Å². The average Bonchev–Trinajstić information content (AvgIpc) is 2.76. The van der Waals surface area contributed by atoms with Gasteiger partial charge in [0.1, 0.15) is 28.8 Å². The first kappa shape index (κ1) is 26.4. The third-order valence-corrected chi connectivity index (χ3v) is 5.26. The van der Waals surface area contributed by atoms with Gasteiger partial charge in [-0.25, -0.2) is 22.0 Å². The Morgan fingerprint density at radius 1 is 0.829 bits per heavy atom.